The van der Waals surface area contributed by atoms with Gasteiger partial charge in [0.2, 0.25) is 5.95 Å². The van der Waals surface area contributed by atoms with Gasteiger partial charge in [-0.1, -0.05) is 25.4 Å². The van der Waals surface area contributed by atoms with Gasteiger partial charge < -0.3 is 15.4 Å². The molecule has 1 heterocycles. The standard InChI is InChI=1S/C16H21ClN4O/c1-11(2)6-8-18-15-7-9-19-16(21-15)20-13-10-12(17)4-5-14(13)22-3/h4-5,7,9-11H,6,8H2,1-3H3,(H2,18,19,20,21). The van der Waals surface area contributed by atoms with Gasteiger partial charge in [-0.2, -0.15) is 4.98 Å². The van der Waals surface area contributed by atoms with E-state index < -0.39 is 0 Å². The van der Waals surface area contributed by atoms with Gasteiger partial charge in [-0.3, -0.25) is 0 Å². The molecule has 118 valence electrons. The molecule has 22 heavy (non-hydrogen) atoms. The summed E-state index contributed by atoms with van der Waals surface area (Å²) in [7, 11) is 1.61. The topological polar surface area (TPSA) is 59.1 Å². The molecule has 5 nitrogen and oxygen atoms in total. The molecular formula is C16H21ClN4O. The molecule has 0 bridgehead atoms. The zero-order valence-electron chi connectivity index (χ0n) is 13.1. The molecule has 0 aliphatic carbocycles. The maximum Gasteiger partial charge on any atom is 0.229 e. The van der Waals surface area contributed by atoms with E-state index in [1.54, 1.807) is 31.5 Å². The highest BCUT2D eigenvalue weighted by molar-refractivity contribution is 6.30. The molecular weight excluding hydrogens is 300 g/mol. The van der Waals surface area contributed by atoms with Gasteiger partial charge in [0.05, 0.1) is 12.8 Å². The second kappa shape index (κ2) is 7.84. The number of methoxy groups -OCH3 is 1. The second-order valence-electron chi connectivity index (χ2n) is 5.34. The lowest BCUT2D eigenvalue weighted by Gasteiger charge is -2.12. The number of hydrogen-bond donors (Lipinski definition) is 2. The molecule has 0 fully saturated rings. The van der Waals surface area contributed by atoms with Crippen molar-refractivity contribution in [3.8, 4) is 5.75 Å². The quantitative estimate of drug-likeness (QED) is 0.794. The molecule has 0 saturated carbocycles. The van der Waals surface area contributed by atoms with Gasteiger partial charge in [-0.05, 0) is 36.6 Å². The number of aromatic nitrogens is 2. The predicted octanol–water partition coefficient (Wildman–Crippen LogP) is 4.34. The Hall–Kier alpha value is -2.01. The highest BCUT2D eigenvalue weighted by Gasteiger charge is 2.06. The third-order valence-corrected chi connectivity index (χ3v) is 3.33. The number of anilines is 3. The Kier molecular flexibility index (Phi) is 5.83. The van der Waals surface area contributed by atoms with E-state index in [9.17, 15) is 0 Å². The molecule has 0 amide bonds. The predicted molar refractivity (Wildman–Crippen MR) is 91.3 cm³/mol. The van der Waals surface area contributed by atoms with E-state index in [2.05, 4.69) is 34.4 Å². The van der Waals surface area contributed by atoms with Gasteiger partial charge in [-0.15, -0.1) is 0 Å². The van der Waals surface area contributed by atoms with E-state index >= 15 is 0 Å². The minimum atomic E-state index is 0.495. The van der Waals surface area contributed by atoms with E-state index in [0.29, 0.717) is 22.6 Å². The molecule has 0 aliphatic heterocycles. The van der Waals surface area contributed by atoms with Crippen LogP contribution < -0.4 is 15.4 Å². The van der Waals surface area contributed by atoms with Gasteiger partial charge in [0.15, 0.2) is 0 Å². The van der Waals surface area contributed by atoms with Crippen LogP contribution in [0.5, 0.6) is 5.75 Å². The van der Waals surface area contributed by atoms with Gasteiger partial charge in [0.1, 0.15) is 11.6 Å². The van der Waals surface area contributed by atoms with Gasteiger partial charge in [0.25, 0.3) is 0 Å². The van der Waals surface area contributed by atoms with Crippen LogP contribution in [0.15, 0.2) is 30.5 Å². The average Bonchev–Trinajstić information content (AvgIpc) is 2.47. The minimum Gasteiger partial charge on any atom is -0.495 e. The summed E-state index contributed by atoms with van der Waals surface area (Å²) >= 11 is 6.02. The molecule has 2 aromatic rings. The Morgan fingerprint density at radius 1 is 1.27 bits per heavy atom. The lowest BCUT2D eigenvalue weighted by Crippen LogP contribution is -2.07. The first-order chi connectivity index (χ1) is 10.6. The van der Waals surface area contributed by atoms with Crippen LogP contribution in [0.4, 0.5) is 17.5 Å². The molecule has 0 unspecified atom stereocenters. The van der Waals surface area contributed by atoms with Crippen molar-refractivity contribution in [2.24, 2.45) is 5.92 Å². The van der Waals surface area contributed by atoms with E-state index in [1.165, 1.54) is 0 Å². The van der Waals surface area contributed by atoms with Gasteiger partial charge in [-0.25, -0.2) is 4.98 Å². The number of nitrogens with one attached hydrogen (secondary N) is 2. The molecule has 1 aromatic carbocycles. The van der Waals surface area contributed by atoms with Crippen molar-refractivity contribution in [3.63, 3.8) is 0 Å². The summed E-state index contributed by atoms with van der Waals surface area (Å²) in [6.45, 7) is 5.27. The summed E-state index contributed by atoms with van der Waals surface area (Å²) in [6.07, 6.45) is 2.80. The monoisotopic (exact) mass is 320 g/mol. The van der Waals surface area contributed by atoms with E-state index in [1.807, 2.05) is 6.07 Å². The lowest BCUT2D eigenvalue weighted by atomic mass is 10.1. The zero-order chi connectivity index (χ0) is 15.9. The Morgan fingerprint density at radius 3 is 2.82 bits per heavy atom. The Balaban J connectivity index is 2.08. The summed E-state index contributed by atoms with van der Waals surface area (Å²) in [6, 6.07) is 7.20. The molecule has 0 saturated heterocycles. The lowest BCUT2D eigenvalue weighted by molar-refractivity contribution is 0.417. The summed E-state index contributed by atoms with van der Waals surface area (Å²) < 4.78 is 5.30. The first kappa shape index (κ1) is 16.4. The number of ether oxygens (including phenoxy) is 1. The highest BCUT2D eigenvalue weighted by Crippen LogP contribution is 2.29. The molecule has 0 atom stereocenters. The molecule has 1 aromatic heterocycles. The maximum atomic E-state index is 6.02. The number of benzene rings is 1. The summed E-state index contributed by atoms with van der Waals surface area (Å²) in [4.78, 5) is 8.66. The average molecular weight is 321 g/mol. The van der Waals surface area contributed by atoms with E-state index in [4.69, 9.17) is 16.3 Å². The minimum absolute atomic E-state index is 0.495. The normalized spacial score (nSPS) is 10.6. The summed E-state index contributed by atoms with van der Waals surface area (Å²) in [5.41, 5.74) is 0.731. The molecule has 6 heteroatoms. The first-order valence-electron chi connectivity index (χ1n) is 7.26. The van der Waals surface area contributed by atoms with Crippen molar-refractivity contribution in [1.29, 1.82) is 0 Å². The summed E-state index contributed by atoms with van der Waals surface area (Å²) in [5.74, 6) is 2.63. The molecule has 2 rings (SSSR count). The fraction of sp³-hybridized carbons (Fsp3) is 0.375. The molecule has 0 spiro atoms. The Labute approximate surface area is 136 Å². The largest absolute Gasteiger partial charge is 0.495 e. The first-order valence-corrected chi connectivity index (χ1v) is 7.63. The van der Waals surface area contributed by atoms with Crippen molar-refractivity contribution in [2.45, 2.75) is 20.3 Å². The third-order valence-electron chi connectivity index (χ3n) is 3.09. The SMILES string of the molecule is COc1ccc(Cl)cc1Nc1nccc(NCCC(C)C)n1. The summed E-state index contributed by atoms with van der Waals surface area (Å²) in [5, 5.41) is 7.05. The van der Waals surface area contributed by atoms with E-state index in [-0.39, 0.29) is 0 Å². The fourth-order valence-corrected chi connectivity index (χ4v) is 2.08. The van der Waals surface area contributed by atoms with Crippen molar-refractivity contribution in [3.05, 3.63) is 35.5 Å². The number of halogens is 1. The zero-order valence-corrected chi connectivity index (χ0v) is 13.8. The highest BCUT2D eigenvalue weighted by atomic mass is 35.5. The van der Waals surface area contributed by atoms with Crippen molar-refractivity contribution in [2.75, 3.05) is 24.3 Å². The maximum absolute atomic E-state index is 6.02. The Morgan fingerprint density at radius 2 is 2.09 bits per heavy atom. The van der Waals surface area contributed by atoms with Crippen molar-refractivity contribution >= 4 is 29.1 Å². The molecule has 0 aliphatic rings. The van der Waals surface area contributed by atoms with Crippen molar-refractivity contribution < 1.29 is 4.74 Å². The number of hydrogen-bond acceptors (Lipinski definition) is 5. The smallest absolute Gasteiger partial charge is 0.229 e. The van der Waals surface area contributed by atoms with Crippen LogP contribution in [-0.2, 0) is 0 Å². The van der Waals surface area contributed by atoms with Crippen LogP contribution in [0.2, 0.25) is 5.02 Å². The van der Waals surface area contributed by atoms with Crippen LogP contribution >= 0.6 is 11.6 Å². The molecule has 2 N–H and O–H groups in total. The van der Waals surface area contributed by atoms with Gasteiger partial charge in [0, 0.05) is 17.8 Å². The van der Waals surface area contributed by atoms with Crippen molar-refractivity contribution in [1.82, 2.24) is 9.97 Å². The van der Waals surface area contributed by atoms with Gasteiger partial charge >= 0.3 is 0 Å². The van der Waals surface area contributed by atoms with Crippen LogP contribution in [-0.4, -0.2) is 23.6 Å². The van der Waals surface area contributed by atoms with E-state index in [0.717, 1.165) is 24.5 Å². The third kappa shape index (κ3) is 4.77. The van der Waals surface area contributed by atoms with Crippen LogP contribution in [0, 0.1) is 5.92 Å². The second-order valence-corrected chi connectivity index (χ2v) is 5.78. The Bertz CT molecular complexity index is 619. The number of nitrogens with zero attached hydrogens (tertiary/aromatic N) is 2. The van der Waals surface area contributed by atoms with Crippen LogP contribution in [0.1, 0.15) is 20.3 Å². The fourth-order valence-electron chi connectivity index (χ4n) is 1.90. The van der Waals surface area contributed by atoms with Crippen LogP contribution in [0.3, 0.4) is 0 Å². The van der Waals surface area contributed by atoms with Crippen LogP contribution in [0.25, 0.3) is 0 Å². The molecule has 0 radical (unpaired) electrons. The number of rotatable bonds is 7.